The fraction of sp³-hybridized carbons (Fsp3) is 0.593. The number of hydrogen-bond donors (Lipinski definition) is 5. The average molecular weight is 496 g/mol. The Hall–Kier alpha value is -2.75. The summed E-state index contributed by atoms with van der Waals surface area (Å²) in [4.78, 5) is 14.1. The Bertz CT molecular complexity index is 1220. The van der Waals surface area contributed by atoms with Crippen LogP contribution in [0.2, 0.25) is 0 Å². The van der Waals surface area contributed by atoms with Crippen LogP contribution in [0.5, 0.6) is 0 Å². The van der Waals surface area contributed by atoms with Crippen LogP contribution in [0.15, 0.2) is 16.5 Å². The summed E-state index contributed by atoms with van der Waals surface area (Å²) in [5.74, 6) is 1.90. The molecule has 2 aliphatic carbocycles. The van der Waals surface area contributed by atoms with Crippen LogP contribution in [0.1, 0.15) is 55.6 Å². The van der Waals surface area contributed by atoms with Crippen LogP contribution in [-0.2, 0) is 0 Å². The van der Waals surface area contributed by atoms with E-state index in [4.69, 9.17) is 14.4 Å². The maximum atomic E-state index is 10.7. The van der Waals surface area contributed by atoms with E-state index in [-0.39, 0.29) is 6.61 Å². The lowest BCUT2D eigenvalue weighted by atomic mass is 9.89. The molecule has 2 saturated carbocycles. The summed E-state index contributed by atoms with van der Waals surface area (Å²) in [6, 6.07) is 3.49. The number of rotatable bonds is 7. The number of fused-ring (bicyclic) bond motifs is 1. The number of aromatic nitrogens is 3. The molecule has 0 bridgehead atoms. The van der Waals surface area contributed by atoms with E-state index in [9.17, 15) is 15.3 Å². The predicted octanol–water partition coefficient (Wildman–Crippen LogP) is 3.72. The molecule has 2 fully saturated rings. The Morgan fingerprint density at radius 3 is 2.47 bits per heavy atom. The van der Waals surface area contributed by atoms with Gasteiger partial charge in [-0.25, -0.2) is 4.98 Å². The van der Waals surface area contributed by atoms with Crippen molar-refractivity contribution in [1.82, 2.24) is 15.0 Å². The molecule has 0 amide bonds. The van der Waals surface area contributed by atoms with Crippen LogP contribution in [0, 0.1) is 32.6 Å². The molecule has 36 heavy (non-hydrogen) atoms. The zero-order chi connectivity index (χ0) is 25.4. The molecule has 3 aromatic rings. The molecule has 9 nitrogen and oxygen atoms in total. The third-order valence-electron chi connectivity index (χ3n) is 7.77. The lowest BCUT2D eigenvalue weighted by molar-refractivity contribution is 0.00446. The summed E-state index contributed by atoms with van der Waals surface area (Å²) in [6.45, 7) is 6.44. The standard InChI is InChI=1S/C27H37N5O4/c1-14-9-18-11-21(36-25(18)16(3)29-14)22-15(2)30-27(28-12-17-7-5-4-6-8-17)32-26(22)31-20-10-19(13-33)23(34)24(20)35/h9,11,17,19-20,23-24,33-35H,4-8,10,12-13H2,1-3H3,(H2,28,30,31,32)/t19-,20-,23-,24+/m1/s1. The van der Waals surface area contributed by atoms with Crippen molar-refractivity contribution in [2.45, 2.75) is 77.5 Å². The number of aliphatic hydroxyl groups is 3. The third kappa shape index (κ3) is 4.92. The van der Waals surface area contributed by atoms with E-state index >= 15 is 0 Å². The van der Waals surface area contributed by atoms with Crippen molar-refractivity contribution in [3.05, 3.63) is 29.2 Å². The largest absolute Gasteiger partial charge is 0.454 e. The van der Waals surface area contributed by atoms with Crippen LogP contribution in [-0.4, -0.2) is 61.7 Å². The average Bonchev–Trinajstić information content (AvgIpc) is 3.39. The first-order valence-electron chi connectivity index (χ1n) is 13.1. The molecule has 0 aromatic carbocycles. The van der Waals surface area contributed by atoms with Gasteiger partial charge in [-0.2, -0.15) is 4.98 Å². The zero-order valence-corrected chi connectivity index (χ0v) is 21.3. The van der Waals surface area contributed by atoms with Crippen molar-refractivity contribution < 1.29 is 19.7 Å². The summed E-state index contributed by atoms with van der Waals surface area (Å²) in [6.07, 6.45) is 4.70. The number of hydrogen-bond acceptors (Lipinski definition) is 9. The van der Waals surface area contributed by atoms with Crippen LogP contribution < -0.4 is 10.6 Å². The van der Waals surface area contributed by atoms with Gasteiger partial charge in [0.05, 0.1) is 29.1 Å². The summed E-state index contributed by atoms with van der Waals surface area (Å²) >= 11 is 0. The molecule has 0 aliphatic heterocycles. The van der Waals surface area contributed by atoms with Crippen LogP contribution in [0.4, 0.5) is 11.8 Å². The lowest BCUT2D eigenvalue weighted by Gasteiger charge is -2.23. The minimum atomic E-state index is -1.02. The second-order valence-electron chi connectivity index (χ2n) is 10.5. The number of nitrogens with one attached hydrogen (secondary N) is 2. The Kier molecular flexibility index (Phi) is 7.14. The molecule has 9 heteroatoms. The molecular weight excluding hydrogens is 458 g/mol. The Labute approximate surface area is 211 Å². The van der Waals surface area contributed by atoms with E-state index in [1.54, 1.807) is 0 Å². The van der Waals surface area contributed by atoms with E-state index in [1.165, 1.54) is 32.1 Å². The number of aliphatic hydroxyl groups excluding tert-OH is 3. The van der Waals surface area contributed by atoms with Gasteiger partial charge in [0.2, 0.25) is 5.95 Å². The van der Waals surface area contributed by atoms with Crippen molar-refractivity contribution in [2.75, 3.05) is 23.8 Å². The van der Waals surface area contributed by atoms with E-state index in [0.29, 0.717) is 35.4 Å². The quantitative estimate of drug-likeness (QED) is 0.332. The Morgan fingerprint density at radius 1 is 0.972 bits per heavy atom. The van der Waals surface area contributed by atoms with Gasteiger partial charge < -0.3 is 30.4 Å². The highest BCUT2D eigenvalue weighted by Crippen LogP contribution is 2.37. The molecule has 5 N–H and O–H groups in total. The van der Waals surface area contributed by atoms with E-state index < -0.39 is 24.2 Å². The van der Waals surface area contributed by atoms with Gasteiger partial charge in [-0.3, -0.25) is 4.98 Å². The number of anilines is 2. The lowest BCUT2D eigenvalue weighted by Crippen LogP contribution is -2.35. The number of aryl methyl sites for hydroxylation is 3. The Balaban J connectivity index is 1.51. The fourth-order valence-corrected chi connectivity index (χ4v) is 5.79. The minimum absolute atomic E-state index is 0.185. The first-order chi connectivity index (χ1) is 17.3. The first kappa shape index (κ1) is 24.9. The summed E-state index contributed by atoms with van der Waals surface area (Å²) in [5.41, 5.74) is 3.90. The number of nitrogens with zero attached hydrogens (tertiary/aromatic N) is 3. The van der Waals surface area contributed by atoms with Crippen LogP contribution in [0.3, 0.4) is 0 Å². The van der Waals surface area contributed by atoms with Gasteiger partial charge in [0.1, 0.15) is 17.7 Å². The highest BCUT2D eigenvalue weighted by molar-refractivity contribution is 5.87. The predicted molar refractivity (Wildman–Crippen MR) is 139 cm³/mol. The van der Waals surface area contributed by atoms with Crippen molar-refractivity contribution >= 4 is 22.7 Å². The SMILES string of the molecule is Cc1cc2cc(-c3c(C)nc(NCC4CCCCC4)nc3N[C@@H]3C[C@H](CO)[C@@H](O)[C@H]3O)oc2c(C)n1. The van der Waals surface area contributed by atoms with Gasteiger partial charge in [-0.1, -0.05) is 19.3 Å². The highest BCUT2D eigenvalue weighted by Gasteiger charge is 2.41. The molecule has 3 heterocycles. The monoisotopic (exact) mass is 495 g/mol. The molecule has 5 rings (SSSR count). The molecule has 2 aliphatic rings. The van der Waals surface area contributed by atoms with Crippen LogP contribution >= 0.6 is 0 Å². The van der Waals surface area contributed by atoms with Crippen molar-refractivity contribution in [3.8, 4) is 11.3 Å². The summed E-state index contributed by atoms with van der Waals surface area (Å²) in [7, 11) is 0. The van der Waals surface area contributed by atoms with Crippen molar-refractivity contribution in [2.24, 2.45) is 11.8 Å². The van der Waals surface area contributed by atoms with E-state index in [2.05, 4.69) is 15.6 Å². The molecule has 0 spiro atoms. The maximum absolute atomic E-state index is 10.7. The summed E-state index contributed by atoms with van der Waals surface area (Å²) < 4.78 is 6.26. The van der Waals surface area contributed by atoms with Gasteiger partial charge >= 0.3 is 0 Å². The second kappa shape index (κ2) is 10.3. The van der Waals surface area contributed by atoms with E-state index in [0.717, 1.165) is 34.6 Å². The van der Waals surface area contributed by atoms with E-state index in [1.807, 2.05) is 32.9 Å². The molecule has 0 saturated heterocycles. The van der Waals surface area contributed by atoms with Gasteiger partial charge in [0, 0.05) is 30.1 Å². The molecule has 0 radical (unpaired) electrons. The normalized spacial score (nSPS) is 24.9. The number of pyridine rings is 1. The fourth-order valence-electron chi connectivity index (χ4n) is 5.79. The summed E-state index contributed by atoms with van der Waals surface area (Å²) in [5, 5.41) is 38.4. The molecule has 194 valence electrons. The van der Waals surface area contributed by atoms with Gasteiger partial charge in [-0.05, 0) is 58.1 Å². The molecule has 4 atom stereocenters. The molecule has 3 aromatic heterocycles. The molecule has 0 unspecified atom stereocenters. The maximum Gasteiger partial charge on any atom is 0.224 e. The van der Waals surface area contributed by atoms with Crippen molar-refractivity contribution in [1.29, 1.82) is 0 Å². The van der Waals surface area contributed by atoms with Crippen LogP contribution in [0.25, 0.3) is 22.3 Å². The van der Waals surface area contributed by atoms with Gasteiger partial charge in [-0.15, -0.1) is 0 Å². The number of furan rings is 1. The Morgan fingerprint density at radius 2 is 1.75 bits per heavy atom. The van der Waals surface area contributed by atoms with Gasteiger partial charge in [0.25, 0.3) is 0 Å². The third-order valence-corrected chi connectivity index (χ3v) is 7.77. The highest BCUT2D eigenvalue weighted by atomic mass is 16.3. The first-order valence-corrected chi connectivity index (χ1v) is 13.1. The minimum Gasteiger partial charge on any atom is -0.454 e. The van der Waals surface area contributed by atoms with Crippen molar-refractivity contribution in [3.63, 3.8) is 0 Å². The smallest absolute Gasteiger partial charge is 0.224 e. The zero-order valence-electron chi connectivity index (χ0n) is 21.3. The van der Waals surface area contributed by atoms with Gasteiger partial charge in [0.15, 0.2) is 5.58 Å². The molecular formula is C27H37N5O4. The second-order valence-corrected chi connectivity index (χ2v) is 10.5. The topological polar surface area (TPSA) is 137 Å².